The third-order valence-corrected chi connectivity index (χ3v) is 8.89. The Morgan fingerprint density at radius 2 is 2.06 bits per heavy atom. The van der Waals surface area contributed by atoms with Crippen molar-refractivity contribution >= 4 is 5.97 Å². The van der Waals surface area contributed by atoms with Gasteiger partial charge in [0.2, 0.25) is 0 Å². The fourth-order valence-electron chi connectivity index (χ4n) is 7.76. The smallest absolute Gasteiger partial charge is 0.305 e. The lowest BCUT2D eigenvalue weighted by Gasteiger charge is -2.53. The van der Waals surface area contributed by atoms with Gasteiger partial charge in [0.1, 0.15) is 5.75 Å². The van der Waals surface area contributed by atoms with Crippen molar-refractivity contribution in [1.82, 2.24) is 0 Å². The molecule has 4 aliphatic rings. The van der Waals surface area contributed by atoms with E-state index in [9.17, 15) is 9.90 Å². The molecule has 5 atom stereocenters. The normalized spacial score (nSPS) is 35.4. The standard InChI is InChI=1S/C26H36O5/c1-3-29-23(28)6-4-5-18-16-26(30-13-14-31-26)25(2)12-11-21-20-10-8-19(27)15-17(20)7-9-22(21)24(18)25/h8,10,15,18,21-22,24,27H,3-7,9,11-14,16H2,1-2H3/t18-,21+,22+,24-,25-/m0/s1. The second kappa shape index (κ2) is 8.08. The van der Waals surface area contributed by atoms with Crippen LogP contribution >= 0.6 is 0 Å². The van der Waals surface area contributed by atoms with E-state index >= 15 is 0 Å². The van der Waals surface area contributed by atoms with Crippen LogP contribution in [0.4, 0.5) is 0 Å². The summed E-state index contributed by atoms with van der Waals surface area (Å²) in [6.07, 6.45) is 7.79. The largest absolute Gasteiger partial charge is 0.508 e. The van der Waals surface area contributed by atoms with Gasteiger partial charge in [-0.25, -0.2) is 0 Å². The van der Waals surface area contributed by atoms with Gasteiger partial charge in [-0.3, -0.25) is 4.79 Å². The Kier molecular flexibility index (Phi) is 5.54. The third-order valence-electron chi connectivity index (χ3n) is 8.89. The molecule has 170 valence electrons. The number of benzene rings is 1. The number of phenolic OH excluding ortho intramolecular Hbond substituents is 1. The van der Waals surface area contributed by atoms with Crippen LogP contribution in [0.25, 0.3) is 0 Å². The van der Waals surface area contributed by atoms with Crippen LogP contribution in [-0.4, -0.2) is 36.7 Å². The number of esters is 1. The molecule has 1 aliphatic heterocycles. The molecule has 5 rings (SSSR count). The first kappa shape index (κ1) is 21.3. The summed E-state index contributed by atoms with van der Waals surface area (Å²) in [5.74, 6) is 2.04. The number of phenols is 1. The fraction of sp³-hybridized carbons (Fsp3) is 0.731. The first-order valence-electron chi connectivity index (χ1n) is 12.2. The molecule has 1 spiro atoms. The van der Waals surface area contributed by atoms with E-state index in [-0.39, 0.29) is 11.4 Å². The number of aryl methyl sites for hydroxylation is 1. The van der Waals surface area contributed by atoms with E-state index in [4.69, 9.17) is 14.2 Å². The Labute approximate surface area is 185 Å². The van der Waals surface area contributed by atoms with E-state index in [1.807, 2.05) is 19.1 Å². The van der Waals surface area contributed by atoms with Gasteiger partial charge in [0, 0.05) is 18.3 Å². The maximum Gasteiger partial charge on any atom is 0.305 e. The molecule has 0 bridgehead atoms. The van der Waals surface area contributed by atoms with Crippen LogP contribution in [-0.2, 0) is 25.4 Å². The fourth-order valence-corrected chi connectivity index (χ4v) is 7.76. The van der Waals surface area contributed by atoms with Crippen molar-refractivity contribution in [2.45, 2.75) is 76.9 Å². The van der Waals surface area contributed by atoms with Gasteiger partial charge in [-0.05, 0) is 92.4 Å². The number of fused-ring (bicyclic) bond motifs is 6. The first-order chi connectivity index (χ1) is 15.0. The zero-order chi connectivity index (χ0) is 21.6. The highest BCUT2D eigenvalue weighted by Crippen LogP contribution is 2.68. The van der Waals surface area contributed by atoms with E-state index in [0.29, 0.717) is 55.7 Å². The van der Waals surface area contributed by atoms with Gasteiger partial charge in [-0.1, -0.05) is 13.0 Å². The summed E-state index contributed by atoms with van der Waals surface area (Å²) in [5, 5.41) is 9.97. The summed E-state index contributed by atoms with van der Waals surface area (Å²) >= 11 is 0. The van der Waals surface area contributed by atoms with Crippen LogP contribution in [0.5, 0.6) is 5.75 Å². The maximum absolute atomic E-state index is 11.9. The number of hydrogen-bond donors (Lipinski definition) is 1. The average molecular weight is 429 g/mol. The lowest BCUT2D eigenvalue weighted by atomic mass is 9.53. The molecule has 0 aromatic heterocycles. The Morgan fingerprint density at radius 3 is 2.84 bits per heavy atom. The molecule has 1 aromatic carbocycles. The van der Waals surface area contributed by atoms with Crippen molar-refractivity contribution in [1.29, 1.82) is 0 Å². The lowest BCUT2D eigenvalue weighted by Crippen LogP contribution is -2.51. The van der Waals surface area contributed by atoms with Crippen LogP contribution in [0.1, 0.15) is 75.8 Å². The number of rotatable bonds is 5. The molecule has 5 nitrogen and oxygen atoms in total. The van der Waals surface area contributed by atoms with Crippen LogP contribution in [0.3, 0.4) is 0 Å². The van der Waals surface area contributed by atoms with Crippen molar-refractivity contribution in [3.8, 4) is 5.75 Å². The van der Waals surface area contributed by atoms with E-state index in [2.05, 4.69) is 13.0 Å². The predicted molar refractivity (Wildman–Crippen MR) is 117 cm³/mol. The summed E-state index contributed by atoms with van der Waals surface area (Å²) in [6, 6.07) is 5.98. The summed E-state index contributed by atoms with van der Waals surface area (Å²) in [7, 11) is 0. The zero-order valence-corrected chi connectivity index (χ0v) is 18.9. The zero-order valence-electron chi connectivity index (χ0n) is 18.9. The highest BCUT2D eigenvalue weighted by atomic mass is 16.7. The molecule has 1 aromatic rings. The maximum atomic E-state index is 11.9. The molecule has 1 heterocycles. The summed E-state index contributed by atoms with van der Waals surface area (Å²) < 4.78 is 17.9. The number of carbonyl (C=O) groups excluding carboxylic acids is 1. The minimum absolute atomic E-state index is 0.0215. The van der Waals surface area contributed by atoms with Crippen LogP contribution in [0.2, 0.25) is 0 Å². The molecule has 0 radical (unpaired) electrons. The molecule has 1 N–H and O–H groups in total. The number of carbonyl (C=O) groups is 1. The van der Waals surface area contributed by atoms with Gasteiger partial charge in [0.05, 0.1) is 19.8 Å². The number of hydrogen-bond acceptors (Lipinski definition) is 5. The van der Waals surface area contributed by atoms with Crippen molar-refractivity contribution in [2.24, 2.45) is 23.2 Å². The summed E-state index contributed by atoms with van der Waals surface area (Å²) in [6.45, 7) is 6.10. The minimum atomic E-state index is -0.452. The molecule has 31 heavy (non-hydrogen) atoms. The quantitative estimate of drug-likeness (QED) is 0.672. The van der Waals surface area contributed by atoms with E-state index in [1.54, 1.807) is 0 Å². The molecular formula is C26H36O5. The summed E-state index contributed by atoms with van der Waals surface area (Å²) in [4.78, 5) is 11.9. The Bertz CT molecular complexity index is 829. The number of ether oxygens (including phenoxy) is 3. The monoisotopic (exact) mass is 428 g/mol. The van der Waals surface area contributed by atoms with E-state index in [0.717, 1.165) is 44.9 Å². The molecule has 3 fully saturated rings. The summed E-state index contributed by atoms with van der Waals surface area (Å²) in [5.41, 5.74) is 2.79. The van der Waals surface area contributed by atoms with Crippen molar-refractivity contribution in [3.63, 3.8) is 0 Å². The molecule has 0 amide bonds. The van der Waals surface area contributed by atoms with Gasteiger partial charge in [0.15, 0.2) is 5.79 Å². The average Bonchev–Trinajstić information content (AvgIpc) is 3.32. The SMILES string of the molecule is CCOC(=O)CCC[C@H]1CC2(OCCO2)[C@@]2(C)CC[C@@H]3c4ccc(O)cc4CC[C@H]3[C@H]12. The van der Waals surface area contributed by atoms with E-state index in [1.165, 1.54) is 11.1 Å². The first-order valence-corrected chi connectivity index (χ1v) is 12.2. The molecule has 1 saturated heterocycles. The van der Waals surface area contributed by atoms with E-state index < -0.39 is 5.79 Å². The van der Waals surface area contributed by atoms with Crippen molar-refractivity contribution < 1.29 is 24.1 Å². The van der Waals surface area contributed by atoms with Gasteiger partial charge in [-0.2, -0.15) is 0 Å². The lowest BCUT2D eigenvalue weighted by molar-refractivity contribution is -0.237. The molecular weight excluding hydrogens is 392 g/mol. The van der Waals surface area contributed by atoms with Gasteiger partial charge in [-0.15, -0.1) is 0 Å². The predicted octanol–water partition coefficient (Wildman–Crippen LogP) is 4.95. The molecule has 3 aliphatic carbocycles. The van der Waals surface area contributed by atoms with Gasteiger partial charge in [0.25, 0.3) is 0 Å². The Hall–Kier alpha value is -1.59. The van der Waals surface area contributed by atoms with Crippen molar-refractivity contribution in [2.75, 3.05) is 19.8 Å². The minimum Gasteiger partial charge on any atom is -0.508 e. The second-order valence-corrected chi connectivity index (χ2v) is 10.3. The van der Waals surface area contributed by atoms with Crippen LogP contribution in [0.15, 0.2) is 18.2 Å². The highest BCUT2D eigenvalue weighted by molar-refractivity contribution is 5.69. The molecule has 5 heteroatoms. The highest BCUT2D eigenvalue weighted by Gasteiger charge is 2.68. The molecule has 2 saturated carbocycles. The Balaban J connectivity index is 1.42. The van der Waals surface area contributed by atoms with Gasteiger partial charge < -0.3 is 19.3 Å². The molecule has 0 unspecified atom stereocenters. The van der Waals surface area contributed by atoms with Crippen LogP contribution < -0.4 is 0 Å². The second-order valence-electron chi connectivity index (χ2n) is 10.3. The van der Waals surface area contributed by atoms with Gasteiger partial charge >= 0.3 is 5.97 Å². The van der Waals surface area contributed by atoms with Crippen LogP contribution in [0, 0.1) is 23.2 Å². The topological polar surface area (TPSA) is 65.0 Å². The third kappa shape index (κ3) is 3.39. The Morgan fingerprint density at radius 1 is 1.26 bits per heavy atom. The number of aromatic hydroxyl groups is 1. The van der Waals surface area contributed by atoms with Crippen molar-refractivity contribution in [3.05, 3.63) is 29.3 Å².